The van der Waals surface area contributed by atoms with Crippen molar-refractivity contribution in [1.29, 1.82) is 0 Å². The number of allylic oxidation sites excluding steroid dienone is 1. The summed E-state index contributed by atoms with van der Waals surface area (Å²) in [5.41, 5.74) is 0. The van der Waals surface area contributed by atoms with E-state index in [9.17, 15) is 9.90 Å². The molecule has 0 saturated carbocycles. The molecule has 3 rings (SSSR count). The average molecular weight is 346 g/mol. The van der Waals surface area contributed by atoms with Gasteiger partial charge in [0.05, 0.1) is 6.54 Å². The number of carbonyl (C=O) groups is 1. The van der Waals surface area contributed by atoms with Crippen LogP contribution in [0.3, 0.4) is 0 Å². The van der Waals surface area contributed by atoms with Gasteiger partial charge in [-0.25, -0.2) is 9.69 Å². The molecular weight excluding hydrogens is 328 g/mol. The van der Waals surface area contributed by atoms with E-state index in [4.69, 9.17) is 4.74 Å². The van der Waals surface area contributed by atoms with Gasteiger partial charge < -0.3 is 14.7 Å². The third-order valence-electron chi connectivity index (χ3n) is 3.52. The third kappa shape index (κ3) is 3.24. The Labute approximate surface area is 143 Å². The Morgan fingerprint density at radius 2 is 2.12 bits per heavy atom. The van der Waals surface area contributed by atoms with Gasteiger partial charge in [-0.15, -0.1) is 10.2 Å². The Morgan fingerprint density at radius 1 is 1.38 bits per heavy atom. The number of aromatic nitrogens is 2. The number of likely N-dealkylation sites (N-methyl/N-ethyl adjacent to an activating group) is 1. The monoisotopic (exact) mass is 346 g/mol. The van der Waals surface area contributed by atoms with E-state index in [-0.39, 0.29) is 12.6 Å². The second kappa shape index (κ2) is 6.98. The molecule has 8 heteroatoms. The Kier molecular flexibility index (Phi) is 4.77. The molecule has 7 nitrogen and oxygen atoms in total. The molecule has 24 heavy (non-hydrogen) atoms. The zero-order chi connectivity index (χ0) is 17.1. The van der Waals surface area contributed by atoms with Crippen LogP contribution in [0.4, 0.5) is 9.93 Å². The molecule has 2 aromatic rings. The Balaban J connectivity index is 1.83. The lowest BCUT2D eigenvalue weighted by Gasteiger charge is -2.15. The summed E-state index contributed by atoms with van der Waals surface area (Å²) >= 11 is 1.23. The summed E-state index contributed by atoms with van der Waals surface area (Å²) in [6.07, 6.45) is 2.42. The van der Waals surface area contributed by atoms with E-state index >= 15 is 0 Å². The van der Waals surface area contributed by atoms with Crippen molar-refractivity contribution in [2.24, 2.45) is 0 Å². The quantitative estimate of drug-likeness (QED) is 0.841. The first-order valence-corrected chi connectivity index (χ1v) is 8.32. The van der Waals surface area contributed by atoms with Crippen molar-refractivity contribution in [2.45, 2.75) is 19.3 Å². The number of rotatable bonds is 5. The highest BCUT2D eigenvalue weighted by Gasteiger charge is 2.37. The lowest BCUT2D eigenvalue weighted by molar-refractivity contribution is 0.183. The molecule has 2 heterocycles. The van der Waals surface area contributed by atoms with Gasteiger partial charge in [0.25, 0.3) is 0 Å². The van der Waals surface area contributed by atoms with Gasteiger partial charge in [0.15, 0.2) is 17.3 Å². The van der Waals surface area contributed by atoms with Crippen LogP contribution in [0.15, 0.2) is 42.5 Å². The Bertz CT molecular complexity index is 734. The molecule has 1 fully saturated rings. The van der Waals surface area contributed by atoms with Crippen molar-refractivity contribution in [3.63, 3.8) is 0 Å². The molecule has 0 radical (unpaired) electrons. The molecule has 1 saturated heterocycles. The summed E-state index contributed by atoms with van der Waals surface area (Å²) in [5, 5.41) is 19.2. The van der Waals surface area contributed by atoms with Crippen LogP contribution in [0.5, 0.6) is 5.75 Å². The van der Waals surface area contributed by atoms with Crippen molar-refractivity contribution in [3.8, 4) is 5.75 Å². The summed E-state index contributed by atoms with van der Waals surface area (Å²) < 4.78 is 5.94. The second-order valence-electron chi connectivity index (χ2n) is 5.31. The first-order chi connectivity index (χ1) is 11.6. The lowest BCUT2D eigenvalue weighted by Crippen LogP contribution is -2.34. The number of urea groups is 1. The first-order valence-electron chi connectivity index (χ1n) is 7.50. The van der Waals surface area contributed by atoms with Gasteiger partial charge in [-0.1, -0.05) is 35.6 Å². The summed E-state index contributed by atoms with van der Waals surface area (Å²) in [4.78, 5) is 14.8. The fraction of sp³-hybridized carbons (Fsp3) is 0.312. The molecule has 1 N–H and O–H groups in total. The minimum Gasteiger partial charge on any atom is -0.479 e. The Hall–Kier alpha value is -2.45. The first kappa shape index (κ1) is 16.4. The van der Waals surface area contributed by atoms with Gasteiger partial charge >= 0.3 is 6.03 Å². The number of benzene rings is 1. The molecule has 2 unspecified atom stereocenters. The van der Waals surface area contributed by atoms with Crippen LogP contribution in [0.25, 0.3) is 0 Å². The van der Waals surface area contributed by atoms with E-state index in [0.29, 0.717) is 10.1 Å². The largest absolute Gasteiger partial charge is 0.479 e. The maximum atomic E-state index is 12.1. The third-order valence-corrected chi connectivity index (χ3v) is 4.50. The number of carbonyl (C=O) groups excluding carboxylic acids is 1. The zero-order valence-corrected chi connectivity index (χ0v) is 14.2. The van der Waals surface area contributed by atoms with Crippen LogP contribution in [0.1, 0.15) is 18.0 Å². The number of β-amino-alcohol motifs (C(OH)–C–C–N with tert-alkyl or cyclic N) is 1. The summed E-state index contributed by atoms with van der Waals surface area (Å²) in [6, 6.07) is 9.13. The Morgan fingerprint density at radius 3 is 2.75 bits per heavy atom. The summed E-state index contributed by atoms with van der Waals surface area (Å²) in [6.45, 7) is 2.14. The van der Waals surface area contributed by atoms with Crippen LogP contribution in [-0.2, 0) is 0 Å². The van der Waals surface area contributed by atoms with Gasteiger partial charge in [-0.3, -0.25) is 0 Å². The molecule has 1 aliphatic rings. The number of nitrogens with zero attached hydrogens (tertiary/aromatic N) is 4. The summed E-state index contributed by atoms with van der Waals surface area (Å²) in [7, 11) is 1.63. The highest BCUT2D eigenvalue weighted by molar-refractivity contribution is 7.15. The van der Waals surface area contributed by atoms with E-state index in [1.165, 1.54) is 21.1 Å². The van der Waals surface area contributed by atoms with Crippen molar-refractivity contribution < 1.29 is 14.6 Å². The van der Waals surface area contributed by atoms with Gasteiger partial charge in [0.1, 0.15) is 5.75 Å². The number of amides is 2. The van der Waals surface area contributed by atoms with Gasteiger partial charge in [-0.2, -0.15) is 0 Å². The minimum atomic E-state index is -0.918. The molecule has 126 valence electrons. The molecule has 2 amide bonds. The summed E-state index contributed by atoms with van der Waals surface area (Å²) in [5.74, 6) is 0.717. The fourth-order valence-corrected chi connectivity index (χ4v) is 3.25. The molecule has 0 spiro atoms. The smallest absolute Gasteiger partial charge is 0.328 e. The number of para-hydroxylation sites is 1. The van der Waals surface area contributed by atoms with Crippen molar-refractivity contribution in [3.05, 3.63) is 47.5 Å². The SMILES string of the molecule is C/C=C/C(Oc1ccccc1)c1nnc(N2C(=O)N(C)CC2O)s1. The molecule has 1 aliphatic heterocycles. The molecule has 1 aromatic carbocycles. The predicted octanol–water partition coefficient (Wildman–Crippen LogP) is 2.42. The van der Waals surface area contributed by atoms with Gasteiger partial charge in [-0.05, 0) is 25.1 Å². The number of hydrogen-bond donors (Lipinski definition) is 1. The van der Waals surface area contributed by atoms with Crippen LogP contribution in [0.2, 0.25) is 0 Å². The van der Waals surface area contributed by atoms with Gasteiger partial charge in [0.2, 0.25) is 5.13 Å². The number of aliphatic hydroxyl groups is 1. The molecule has 0 bridgehead atoms. The van der Waals surface area contributed by atoms with Crippen LogP contribution in [-0.4, -0.2) is 46.1 Å². The predicted molar refractivity (Wildman–Crippen MR) is 91.0 cm³/mol. The minimum absolute atomic E-state index is 0.243. The maximum absolute atomic E-state index is 12.1. The van der Waals surface area contributed by atoms with Crippen LogP contribution < -0.4 is 9.64 Å². The number of hydrogen-bond acceptors (Lipinski definition) is 6. The van der Waals surface area contributed by atoms with Crippen molar-refractivity contribution >= 4 is 22.5 Å². The number of aliphatic hydroxyl groups excluding tert-OH is 1. The standard InChI is InChI=1S/C16H18N4O3S/c1-3-7-12(23-11-8-5-4-6-9-11)14-17-18-15(24-14)20-13(21)10-19(2)16(20)22/h3-9,12-13,21H,10H2,1-2H3/b7-3+. The molecule has 1 aromatic heterocycles. The highest BCUT2D eigenvalue weighted by Crippen LogP contribution is 2.31. The molecular formula is C16H18N4O3S. The topological polar surface area (TPSA) is 78.8 Å². The van der Waals surface area contributed by atoms with E-state index < -0.39 is 12.3 Å². The van der Waals surface area contributed by atoms with E-state index in [0.717, 1.165) is 5.75 Å². The van der Waals surface area contributed by atoms with Crippen LogP contribution in [0, 0.1) is 0 Å². The van der Waals surface area contributed by atoms with E-state index in [2.05, 4.69) is 10.2 Å². The second-order valence-corrected chi connectivity index (χ2v) is 6.30. The van der Waals surface area contributed by atoms with Crippen LogP contribution >= 0.6 is 11.3 Å². The fourth-order valence-electron chi connectivity index (χ4n) is 2.36. The highest BCUT2D eigenvalue weighted by atomic mass is 32.1. The molecule has 0 aliphatic carbocycles. The average Bonchev–Trinajstić information content (AvgIpc) is 3.13. The maximum Gasteiger partial charge on any atom is 0.328 e. The van der Waals surface area contributed by atoms with Crippen molar-refractivity contribution in [1.82, 2.24) is 15.1 Å². The number of anilines is 1. The lowest BCUT2D eigenvalue weighted by atomic mass is 10.3. The van der Waals surface area contributed by atoms with Crippen molar-refractivity contribution in [2.75, 3.05) is 18.5 Å². The molecule has 2 atom stereocenters. The van der Waals surface area contributed by atoms with E-state index in [1.54, 1.807) is 7.05 Å². The van der Waals surface area contributed by atoms with E-state index in [1.807, 2.05) is 49.4 Å². The number of ether oxygens (including phenoxy) is 1. The zero-order valence-electron chi connectivity index (χ0n) is 13.4. The normalized spacial score (nSPS) is 19.3. The van der Waals surface area contributed by atoms with Gasteiger partial charge in [0, 0.05) is 7.05 Å².